The lowest BCUT2D eigenvalue weighted by atomic mass is 9.92. The Bertz CT molecular complexity index is 1370. The van der Waals surface area contributed by atoms with Gasteiger partial charge in [0, 0.05) is 0 Å². The van der Waals surface area contributed by atoms with Gasteiger partial charge in [0.2, 0.25) is 0 Å². The first-order valence-corrected chi connectivity index (χ1v) is 9.42. The Morgan fingerprint density at radius 3 is 2.07 bits per heavy atom. The topological polar surface area (TPSA) is 0 Å². The van der Waals surface area contributed by atoms with Crippen LogP contribution in [0.5, 0.6) is 0 Å². The number of hydrogen-bond donors (Lipinski definition) is 0. The fourth-order valence-corrected chi connectivity index (χ4v) is 4.13. The summed E-state index contributed by atoms with van der Waals surface area (Å²) in [6.07, 6.45) is 8.44. The van der Waals surface area contributed by atoms with E-state index >= 15 is 0 Å². The van der Waals surface area contributed by atoms with Crippen LogP contribution in [0.3, 0.4) is 0 Å². The van der Waals surface area contributed by atoms with Crippen molar-refractivity contribution in [1.29, 1.82) is 0 Å². The number of fused-ring (bicyclic) bond motifs is 7. The first-order valence-electron chi connectivity index (χ1n) is 9.42. The first kappa shape index (κ1) is 15.8. The molecule has 0 aliphatic carbocycles. The molecular formula is C27H20. The molecule has 0 N–H and O–H groups in total. The quantitative estimate of drug-likeness (QED) is 0.225. The Kier molecular flexibility index (Phi) is 3.76. The summed E-state index contributed by atoms with van der Waals surface area (Å²) in [7, 11) is 0. The highest BCUT2D eigenvalue weighted by atomic mass is 14.1. The van der Waals surface area contributed by atoms with Gasteiger partial charge in [-0.1, -0.05) is 103 Å². The van der Waals surface area contributed by atoms with E-state index in [2.05, 4.69) is 103 Å². The Morgan fingerprint density at radius 2 is 1.19 bits per heavy atom. The van der Waals surface area contributed by atoms with Crippen molar-refractivity contribution in [2.75, 3.05) is 0 Å². The van der Waals surface area contributed by atoms with E-state index in [1.165, 1.54) is 48.7 Å². The van der Waals surface area contributed by atoms with Crippen molar-refractivity contribution in [3.8, 4) is 0 Å². The Labute approximate surface area is 159 Å². The molecule has 0 heterocycles. The van der Waals surface area contributed by atoms with Crippen LogP contribution in [0.1, 0.15) is 12.5 Å². The minimum absolute atomic E-state index is 1.26. The standard InChI is InChI=1S/C27H20/c1-2-3-4-9-20-10-7-11-21-14-16-25-24-15-13-19-8-5-6-12-22(19)23(24)17-18-26(25)27(20)21/h2-18H,1H3. The van der Waals surface area contributed by atoms with E-state index in [9.17, 15) is 0 Å². The molecule has 0 bridgehead atoms. The van der Waals surface area contributed by atoms with E-state index < -0.39 is 0 Å². The smallest absolute Gasteiger partial charge is 0.00326 e. The van der Waals surface area contributed by atoms with Crippen LogP contribution < -0.4 is 0 Å². The summed E-state index contributed by atoms with van der Waals surface area (Å²) in [5.74, 6) is 0. The van der Waals surface area contributed by atoms with E-state index in [0.29, 0.717) is 0 Å². The van der Waals surface area contributed by atoms with E-state index in [1.807, 2.05) is 6.92 Å². The summed E-state index contributed by atoms with van der Waals surface area (Å²) < 4.78 is 0. The van der Waals surface area contributed by atoms with Crippen molar-refractivity contribution >= 4 is 49.2 Å². The van der Waals surface area contributed by atoms with Gasteiger partial charge in [0.05, 0.1) is 0 Å². The van der Waals surface area contributed by atoms with E-state index in [1.54, 1.807) is 0 Å². The van der Waals surface area contributed by atoms with Crippen molar-refractivity contribution in [2.24, 2.45) is 0 Å². The zero-order valence-electron chi connectivity index (χ0n) is 15.3. The number of benzene rings is 5. The van der Waals surface area contributed by atoms with Crippen molar-refractivity contribution in [3.05, 3.63) is 103 Å². The predicted molar refractivity (Wildman–Crippen MR) is 120 cm³/mol. The maximum Gasteiger partial charge on any atom is -0.00326 e. The third kappa shape index (κ3) is 2.53. The zero-order chi connectivity index (χ0) is 18.2. The van der Waals surface area contributed by atoms with Crippen LogP contribution in [-0.4, -0.2) is 0 Å². The number of rotatable bonds is 2. The van der Waals surface area contributed by atoms with Gasteiger partial charge >= 0.3 is 0 Å². The molecule has 0 aliphatic heterocycles. The summed E-state index contributed by atoms with van der Waals surface area (Å²) in [4.78, 5) is 0. The molecule has 0 aromatic heterocycles. The maximum absolute atomic E-state index is 2.29. The Balaban J connectivity index is 1.91. The molecule has 0 unspecified atom stereocenters. The van der Waals surface area contributed by atoms with E-state index in [4.69, 9.17) is 0 Å². The molecule has 0 fully saturated rings. The van der Waals surface area contributed by atoms with Crippen molar-refractivity contribution in [3.63, 3.8) is 0 Å². The fourth-order valence-electron chi connectivity index (χ4n) is 4.13. The third-order valence-corrected chi connectivity index (χ3v) is 5.37. The van der Waals surface area contributed by atoms with Gasteiger partial charge in [-0.3, -0.25) is 0 Å². The second kappa shape index (κ2) is 6.41. The van der Waals surface area contributed by atoms with Crippen molar-refractivity contribution < 1.29 is 0 Å². The largest absolute Gasteiger partial charge is 0.0877 e. The highest BCUT2D eigenvalue weighted by Crippen LogP contribution is 2.36. The van der Waals surface area contributed by atoms with Gasteiger partial charge in [-0.25, -0.2) is 0 Å². The molecule has 128 valence electrons. The van der Waals surface area contributed by atoms with Crippen LogP contribution >= 0.6 is 0 Å². The second-order valence-corrected chi connectivity index (χ2v) is 6.94. The lowest BCUT2D eigenvalue weighted by Gasteiger charge is -2.11. The van der Waals surface area contributed by atoms with Gasteiger partial charge < -0.3 is 0 Å². The van der Waals surface area contributed by atoms with Crippen molar-refractivity contribution in [2.45, 2.75) is 6.92 Å². The second-order valence-electron chi connectivity index (χ2n) is 6.94. The molecule has 5 rings (SSSR count). The summed E-state index contributed by atoms with van der Waals surface area (Å²) >= 11 is 0. The van der Waals surface area contributed by atoms with E-state index in [0.717, 1.165) is 0 Å². The third-order valence-electron chi connectivity index (χ3n) is 5.37. The summed E-state index contributed by atoms with van der Waals surface area (Å²) in [5, 5.41) is 10.5. The van der Waals surface area contributed by atoms with Gasteiger partial charge in [-0.05, 0) is 55.6 Å². The normalized spacial score (nSPS) is 12.3. The molecule has 0 atom stereocenters. The van der Waals surface area contributed by atoms with E-state index in [-0.39, 0.29) is 0 Å². The fraction of sp³-hybridized carbons (Fsp3) is 0.0370. The van der Waals surface area contributed by atoms with Crippen LogP contribution in [0.4, 0.5) is 0 Å². The minimum Gasteiger partial charge on any atom is -0.0877 e. The average molecular weight is 344 g/mol. The molecule has 0 nitrogen and oxygen atoms in total. The molecule has 0 aliphatic rings. The van der Waals surface area contributed by atoms with Crippen LogP contribution in [-0.2, 0) is 0 Å². The van der Waals surface area contributed by atoms with Gasteiger partial charge in [0.25, 0.3) is 0 Å². The molecule has 0 spiro atoms. The molecular weight excluding hydrogens is 324 g/mol. The lowest BCUT2D eigenvalue weighted by Crippen LogP contribution is -1.85. The molecule has 0 saturated heterocycles. The average Bonchev–Trinajstić information content (AvgIpc) is 2.73. The predicted octanol–water partition coefficient (Wildman–Crippen LogP) is 7.89. The zero-order valence-corrected chi connectivity index (χ0v) is 15.3. The molecule has 5 aromatic carbocycles. The Hall–Kier alpha value is -3.38. The molecule has 27 heavy (non-hydrogen) atoms. The van der Waals surface area contributed by atoms with Crippen molar-refractivity contribution in [1.82, 2.24) is 0 Å². The summed E-state index contributed by atoms with van der Waals surface area (Å²) in [6, 6.07) is 28.8. The molecule has 5 aromatic rings. The summed E-state index contributed by atoms with van der Waals surface area (Å²) in [5.41, 5.74) is 1.26. The van der Waals surface area contributed by atoms with Gasteiger partial charge in [0.1, 0.15) is 0 Å². The monoisotopic (exact) mass is 344 g/mol. The van der Waals surface area contributed by atoms with Crippen LogP contribution in [0.25, 0.3) is 49.2 Å². The molecule has 0 heteroatoms. The summed E-state index contributed by atoms with van der Waals surface area (Å²) in [6.45, 7) is 2.04. The SMILES string of the molecule is CC=CC=Cc1cccc2ccc3c4ccc5ccccc5c4ccc3c12. The highest BCUT2D eigenvalue weighted by molar-refractivity contribution is 6.23. The van der Waals surface area contributed by atoms with Crippen LogP contribution in [0, 0.1) is 0 Å². The molecule has 0 saturated carbocycles. The number of hydrogen-bond acceptors (Lipinski definition) is 0. The van der Waals surface area contributed by atoms with Gasteiger partial charge in [0.15, 0.2) is 0 Å². The van der Waals surface area contributed by atoms with Crippen LogP contribution in [0.2, 0.25) is 0 Å². The first-order chi connectivity index (χ1) is 13.4. The van der Waals surface area contributed by atoms with Gasteiger partial charge in [-0.2, -0.15) is 0 Å². The lowest BCUT2D eigenvalue weighted by molar-refractivity contribution is 1.72. The number of allylic oxidation sites excluding steroid dienone is 3. The van der Waals surface area contributed by atoms with Crippen LogP contribution in [0.15, 0.2) is 97.1 Å². The molecule has 0 amide bonds. The maximum atomic E-state index is 2.29. The minimum atomic E-state index is 1.26. The van der Waals surface area contributed by atoms with Gasteiger partial charge in [-0.15, -0.1) is 0 Å². The highest BCUT2D eigenvalue weighted by Gasteiger charge is 2.08. The molecule has 0 radical (unpaired) electrons. The Morgan fingerprint density at radius 1 is 0.519 bits per heavy atom.